The van der Waals surface area contributed by atoms with Crippen LogP contribution in [0.2, 0.25) is 0 Å². The predicted molar refractivity (Wildman–Crippen MR) is 114 cm³/mol. The lowest BCUT2D eigenvalue weighted by Gasteiger charge is -2.18. The summed E-state index contributed by atoms with van der Waals surface area (Å²) in [5.74, 6) is -3.34. The maximum Gasteiger partial charge on any atom is 0.410 e. The number of hydrogen-bond donors (Lipinski definition) is 4. The van der Waals surface area contributed by atoms with Gasteiger partial charge < -0.3 is 24.6 Å². The summed E-state index contributed by atoms with van der Waals surface area (Å²) in [6.07, 6.45) is -1.65. The molecular formula is C20H23N2O10P. The van der Waals surface area contributed by atoms with Crippen molar-refractivity contribution < 1.29 is 43.7 Å². The first kappa shape index (κ1) is 25.8. The number of hydrogen-bond acceptors (Lipinski definition) is 9. The number of alkyl carbamates (subject to hydrolysis) is 1. The van der Waals surface area contributed by atoms with Gasteiger partial charge in [-0.15, -0.1) is 0 Å². The number of nitro groups is 1. The van der Waals surface area contributed by atoms with E-state index in [2.05, 4.69) is 5.32 Å². The average molecular weight is 482 g/mol. The number of amides is 1. The van der Waals surface area contributed by atoms with Crippen molar-refractivity contribution in [2.24, 2.45) is 0 Å². The van der Waals surface area contributed by atoms with Gasteiger partial charge in [-0.2, -0.15) is 0 Å². The van der Waals surface area contributed by atoms with E-state index in [9.17, 15) is 39.4 Å². The Morgan fingerprint density at radius 2 is 1.85 bits per heavy atom. The van der Waals surface area contributed by atoms with Crippen LogP contribution in [0.3, 0.4) is 0 Å². The Kier molecular flexibility index (Phi) is 9.34. The summed E-state index contributed by atoms with van der Waals surface area (Å²) < 4.78 is 22.1. The summed E-state index contributed by atoms with van der Waals surface area (Å²) in [6, 6.07) is 11.8. The Balaban J connectivity index is 1.72. The van der Waals surface area contributed by atoms with E-state index in [-0.39, 0.29) is 25.0 Å². The number of rotatable bonds is 11. The zero-order valence-electron chi connectivity index (χ0n) is 17.3. The fourth-order valence-electron chi connectivity index (χ4n) is 2.67. The quantitative estimate of drug-likeness (QED) is 0.122. The molecule has 0 aliphatic carbocycles. The molecule has 0 saturated carbocycles. The molecule has 12 nitrogen and oxygen atoms in total. The fourth-order valence-corrected chi connectivity index (χ4v) is 4.16. The Morgan fingerprint density at radius 3 is 2.52 bits per heavy atom. The van der Waals surface area contributed by atoms with E-state index in [0.717, 1.165) is 23.8 Å². The normalized spacial score (nSPS) is 13.4. The third-order valence-electron chi connectivity index (χ3n) is 4.40. The molecule has 2 aromatic carbocycles. The van der Waals surface area contributed by atoms with Crippen molar-refractivity contribution in [1.82, 2.24) is 5.32 Å². The van der Waals surface area contributed by atoms with E-state index in [4.69, 9.17) is 9.47 Å². The lowest BCUT2D eigenvalue weighted by molar-refractivity contribution is -0.386. The number of carbonyl (C=O) groups is 2. The molecule has 0 aliphatic heterocycles. The van der Waals surface area contributed by atoms with Crippen LogP contribution in [0.5, 0.6) is 5.75 Å². The minimum absolute atomic E-state index is 0.0406. The second kappa shape index (κ2) is 12.0. The monoisotopic (exact) mass is 482 g/mol. The molecule has 1 amide bonds. The van der Waals surface area contributed by atoms with E-state index in [0.29, 0.717) is 0 Å². The molecule has 0 radical (unpaired) electrons. The molecule has 0 aliphatic rings. The number of nitrogens with zero attached hydrogens (tertiary/aromatic N) is 1. The van der Waals surface area contributed by atoms with Gasteiger partial charge in [-0.25, -0.2) is 4.79 Å². The van der Waals surface area contributed by atoms with Crippen LogP contribution < -0.4 is 5.32 Å². The van der Waals surface area contributed by atoms with Crippen molar-refractivity contribution in [2.45, 2.75) is 25.3 Å². The first-order chi connectivity index (χ1) is 15.6. The van der Waals surface area contributed by atoms with Crippen molar-refractivity contribution in [3.05, 3.63) is 69.8 Å². The number of aromatic hydroxyl groups is 1. The summed E-state index contributed by atoms with van der Waals surface area (Å²) in [7, 11) is -4.25. The number of ether oxygens (including phenoxy) is 2. The second-order valence-corrected chi connectivity index (χ2v) is 9.31. The van der Waals surface area contributed by atoms with Crippen molar-refractivity contribution in [1.29, 1.82) is 0 Å². The molecule has 0 spiro atoms. The number of aliphatic hydroxyl groups is 1. The third kappa shape index (κ3) is 8.19. The first-order valence-electron chi connectivity index (χ1n) is 9.67. The van der Waals surface area contributed by atoms with E-state index >= 15 is 0 Å². The highest BCUT2D eigenvalue weighted by Gasteiger charge is 2.32. The molecular weight excluding hydrogens is 459 g/mol. The van der Waals surface area contributed by atoms with Gasteiger partial charge in [-0.3, -0.25) is 24.8 Å². The minimum atomic E-state index is -4.25. The molecule has 2 atom stereocenters. The van der Waals surface area contributed by atoms with Gasteiger partial charge in [0.1, 0.15) is 6.61 Å². The number of phenols is 1. The van der Waals surface area contributed by atoms with Crippen LogP contribution in [0.15, 0.2) is 48.5 Å². The summed E-state index contributed by atoms with van der Waals surface area (Å²) in [5.41, 5.74) is -0.154. The number of carbonyl (C=O) groups excluding carboxylic acids is 2. The number of nitrogens with one attached hydrogen (secondary N) is 1. The molecule has 2 rings (SSSR count). The maximum atomic E-state index is 12.4. The van der Waals surface area contributed by atoms with Gasteiger partial charge in [0.15, 0.2) is 18.3 Å². The number of esters is 1. The Bertz CT molecular complexity index is 1030. The van der Waals surface area contributed by atoms with Crippen LogP contribution in [0.1, 0.15) is 29.8 Å². The fraction of sp³-hybridized carbons (Fsp3) is 0.300. The number of phenolic OH excluding ortho intramolecular Hbond substituents is 1. The molecule has 13 heteroatoms. The van der Waals surface area contributed by atoms with E-state index < -0.39 is 54.5 Å². The largest absolute Gasteiger partial charge is 0.502 e. The highest BCUT2D eigenvalue weighted by molar-refractivity contribution is 7.58. The highest BCUT2D eigenvalue weighted by atomic mass is 31.2. The van der Waals surface area contributed by atoms with Crippen LogP contribution in [0, 0.1) is 10.1 Å². The Morgan fingerprint density at radius 1 is 1.15 bits per heavy atom. The summed E-state index contributed by atoms with van der Waals surface area (Å²) in [5, 5.41) is 32.7. The van der Waals surface area contributed by atoms with E-state index in [1.54, 1.807) is 24.3 Å². The summed E-state index contributed by atoms with van der Waals surface area (Å²) in [6.45, 7) is -0.415. The van der Waals surface area contributed by atoms with Crippen molar-refractivity contribution >= 4 is 25.1 Å². The van der Waals surface area contributed by atoms with Gasteiger partial charge in [-0.05, 0) is 23.6 Å². The van der Waals surface area contributed by atoms with Crippen molar-refractivity contribution in [3.63, 3.8) is 0 Å². The van der Waals surface area contributed by atoms with Crippen molar-refractivity contribution in [2.75, 3.05) is 12.9 Å². The summed E-state index contributed by atoms with van der Waals surface area (Å²) in [4.78, 5) is 43.4. The first-order valence-corrected chi connectivity index (χ1v) is 11.6. The molecule has 0 fully saturated rings. The smallest absolute Gasteiger partial charge is 0.410 e. The molecule has 1 unspecified atom stereocenters. The zero-order valence-corrected chi connectivity index (χ0v) is 18.2. The van der Waals surface area contributed by atoms with Gasteiger partial charge in [-0.1, -0.05) is 36.4 Å². The van der Waals surface area contributed by atoms with Crippen LogP contribution in [0.4, 0.5) is 10.5 Å². The van der Waals surface area contributed by atoms with Gasteiger partial charge in [0.05, 0.1) is 4.92 Å². The molecule has 0 heterocycles. The van der Waals surface area contributed by atoms with Gasteiger partial charge in [0.25, 0.3) is 0 Å². The number of benzene rings is 2. The molecule has 178 valence electrons. The second-order valence-electron chi connectivity index (χ2n) is 6.86. The summed E-state index contributed by atoms with van der Waals surface area (Å²) >= 11 is 0. The van der Waals surface area contributed by atoms with Crippen LogP contribution >= 0.6 is 7.37 Å². The Labute approximate surface area is 188 Å². The highest BCUT2D eigenvalue weighted by Crippen LogP contribution is 2.55. The third-order valence-corrected chi connectivity index (χ3v) is 6.42. The average Bonchev–Trinajstić information content (AvgIpc) is 2.78. The zero-order chi connectivity index (χ0) is 24.4. The lowest BCUT2D eigenvalue weighted by atomic mass is 10.2. The standard InChI is InChI=1S/C20H23N2O10P/c23-17-9-8-15(11-16(17)22(27)28)19(25)33(29,30)10-4-7-18(24)32-13-21-20(26)31-12-14-5-2-1-3-6-14/h1-3,5-6,8-9,11,19,23,25H,4,7,10,12-13H2,(H,21,26)(H,29,30)/t19-/m0/s1. The van der Waals surface area contributed by atoms with E-state index in [1.807, 2.05) is 6.07 Å². The lowest BCUT2D eigenvalue weighted by Crippen LogP contribution is -2.28. The minimum Gasteiger partial charge on any atom is -0.502 e. The van der Waals surface area contributed by atoms with Crippen LogP contribution in [-0.2, 0) is 25.4 Å². The molecule has 2 aromatic rings. The maximum absolute atomic E-state index is 12.4. The molecule has 4 N–H and O–H groups in total. The van der Waals surface area contributed by atoms with Gasteiger partial charge >= 0.3 is 17.7 Å². The SMILES string of the molecule is O=C(CCCP(=O)(O)[C@H](O)c1ccc(O)c([N+](=O)[O-])c1)OCNC(=O)OCc1ccccc1. The molecule has 0 bridgehead atoms. The predicted octanol–water partition coefficient (Wildman–Crippen LogP) is 2.77. The molecule has 33 heavy (non-hydrogen) atoms. The number of aliphatic hydroxyl groups excluding tert-OH is 1. The molecule has 0 aromatic heterocycles. The van der Waals surface area contributed by atoms with Gasteiger partial charge in [0.2, 0.25) is 7.37 Å². The topological polar surface area (TPSA) is 186 Å². The van der Waals surface area contributed by atoms with E-state index in [1.165, 1.54) is 0 Å². The molecule has 0 saturated heterocycles. The van der Waals surface area contributed by atoms with Crippen LogP contribution in [0.25, 0.3) is 0 Å². The van der Waals surface area contributed by atoms with Crippen molar-refractivity contribution in [3.8, 4) is 5.75 Å². The van der Waals surface area contributed by atoms with Gasteiger partial charge in [0, 0.05) is 18.6 Å². The Hall–Kier alpha value is -3.47. The number of nitro benzene ring substituents is 1. The van der Waals surface area contributed by atoms with Crippen LogP contribution in [-0.4, -0.2) is 45.0 Å².